The lowest BCUT2D eigenvalue weighted by Crippen LogP contribution is -2.27. The van der Waals surface area contributed by atoms with Crippen LogP contribution in [0.3, 0.4) is 0 Å². The van der Waals surface area contributed by atoms with E-state index >= 15 is 0 Å². The second-order valence-electron chi connectivity index (χ2n) is 5.29. The molecule has 0 aliphatic heterocycles. The minimum absolute atomic E-state index is 0.167. The lowest BCUT2D eigenvalue weighted by atomic mass is 10.1. The van der Waals surface area contributed by atoms with Crippen LogP contribution in [-0.4, -0.2) is 28.2 Å². The first-order valence-electron chi connectivity index (χ1n) is 7.14. The molecule has 21 heavy (non-hydrogen) atoms. The van der Waals surface area contributed by atoms with Gasteiger partial charge in [0.1, 0.15) is 0 Å². The van der Waals surface area contributed by atoms with Gasteiger partial charge in [-0.2, -0.15) is 5.26 Å². The molecule has 0 atom stereocenters. The Balaban J connectivity index is 1.72. The number of benzene rings is 1. The number of nitrogens with zero attached hydrogens (tertiary/aromatic N) is 1. The highest BCUT2D eigenvalue weighted by molar-refractivity contribution is 7.88. The highest BCUT2D eigenvalue weighted by Crippen LogP contribution is 2.28. The van der Waals surface area contributed by atoms with Crippen LogP contribution in [0.2, 0.25) is 0 Å². The minimum Gasteiger partial charge on any atom is -0.381 e. The van der Waals surface area contributed by atoms with Crippen molar-refractivity contribution in [2.45, 2.75) is 25.0 Å². The molecule has 1 aromatic rings. The Morgan fingerprint density at radius 2 is 2.10 bits per heavy atom. The summed E-state index contributed by atoms with van der Waals surface area (Å²) in [6.07, 6.45) is 3.17. The largest absolute Gasteiger partial charge is 0.381 e. The Bertz CT molecular complexity index is 604. The zero-order valence-electron chi connectivity index (χ0n) is 11.9. The fourth-order valence-electron chi connectivity index (χ4n) is 1.95. The summed E-state index contributed by atoms with van der Waals surface area (Å²) in [4.78, 5) is 0. The smallest absolute Gasteiger partial charge is 0.215 e. The SMILES string of the molecule is N#Cc1ccccc1CS(=O)(=O)NCCCOCC1CC1. The molecule has 5 nitrogen and oxygen atoms in total. The third-order valence-electron chi connectivity index (χ3n) is 3.32. The van der Waals surface area contributed by atoms with Gasteiger partial charge in [0.05, 0.1) is 17.4 Å². The summed E-state index contributed by atoms with van der Waals surface area (Å²) in [6, 6.07) is 8.75. The molecule has 0 heterocycles. The van der Waals surface area contributed by atoms with Gasteiger partial charge in [0.2, 0.25) is 10.0 Å². The predicted molar refractivity (Wildman–Crippen MR) is 79.9 cm³/mol. The van der Waals surface area contributed by atoms with Crippen molar-refractivity contribution in [2.75, 3.05) is 19.8 Å². The van der Waals surface area contributed by atoms with Crippen LogP contribution in [0.25, 0.3) is 0 Å². The monoisotopic (exact) mass is 308 g/mol. The van der Waals surface area contributed by atoms with E-state index in [1.165, 1.54) is 12.8 Å². The first-order chi connectivity index (χ1) is 10.1. The molecule has 0 spiro atoms. The van der Waals surface area contributed by atoms with Crippen molar-refractivity contribution in [1.29, 1.82) is 5.26 Å². The lowest BCUT2D eigenvalue weighted by molar-refractivity contribution is 0.123. The summed E-state index contributed by atoms with van der Waals surface area (Å²) in [5.74, 6) is 0.559. The lowest BCUT2D eigenvalue weighted by Gasteiger charge is -2.08. The van der Waals surface area contributed by atoms with Crippen molar-refractivity contribution in [1.82, 2.24) is 4.72 Å². The topological polar surface area (TPSA) is 79.2 Å². The van der Waals surface area contributed by atoms with Gasteiger partial charge in [-0.3, -0.25) is 0 Å². The van der Waals surface area contributed by atoms with Crippen molar-refractivity contribution < 1.29 is 13.2 Å². The average molecular weight is 308 g/mol. The number of ether oxygens (including phenoxy) is 1. The quantitative estimate of drug-likeness (QED) is 0.705. The maximum atomic E-state index is 12.0. The summed E-state index contributed by atoms with van der Waals surface area (Å²) in [7, 11) is -3.42. The van der Waals surface area contributed by atoms with Crippen LogP contribution in [0.15, 0.2) is 24.3 Å². The average Bonchev–Trinajstić information content (AvgIpc) is 3.27. The van der Waals surface area contributed by atoms with E-state index in [4.69, 9.17) is 10.00 Å². The molecule has 2 rings (SSSR count). The third kappa shape index (κ3) is 5.84. The molecule has 0 radical (unpaired) electrons. The fraction of sp³-hybridized carbons (Fsp3) is 0.533. The second kappa shape index (κ2) is 7.55. The number of nitriles is 1. The highest BCUT2D eigenvalue weighted by Gasteiger charge is 2.20. The van der Waals surface area contributed by atoms with Gasteiger partial charge in [-0.25, -0.2) is 13.1 Å². The van der Waals surface area contributed by atoms with Crippen LogP contribution in [0.4, 0.5) is 0 Å². The maximum Gasteiger partial charge on any atom is 0.215 e. The van der Waals surface area contributed by atoms with Gasteiger partial charge < -0.3 is 4.74 Å². The van der Waals surface area contributed by atoms with Crippen molar-refractivity contribution in [3.8, 4) is 6.07 Å². The predicted octanol–water partition coefficient (Wildman–Crippen LogP) is 1.79. The van der Waals surface area contributed by atoms with E-state index < -0.39 is 10.0 Å². The van der Waals surface area contributed by atoms with Crippen molar-refractivity contribution in [3.63, 3.8) is 0 Å². The number of rotatable bonds is 9. The third-order valence-corrected chi connectivity index (χ3v) is 4.66. The molecule has 0 bridgehead atoms. The molecular weight excluding hydrogens is 288 g/mol. The number of sulfonamides is 1. The molecule has 0 aromatic heterocycles. The highest BCUT2D eigenvalue weighted by atomic mass is 32.2. The zero-order chi connectivity index (χ0) is 15.1. The van der Waals surface area contributed by atoms with Crippen LogP contribution < -0.4 is 4.72 Å². The van der Waals surface area contributed by atoms with Crippen molar-refractivity contribution >= 4 is 10.0 Å². The first kappa shape index (κ1) is 16.0. The molecular formula is C15H20N2O3S. The standard InChI is InChI=1S/C15H20N2O3S/c16-10-14-4-1-2-5-15(14)12-21(18,19)17-8-3-9-20-11-13-6-7-13/h1-2,4-5,13,17H,3,6-9,11-12H2. The van der Waals surface area contributed by atoms with E-state index in [0.29, 0.717) is 30.7 Å². The van der Waals surface area contributed by atoms with E-state index in [2.05, 4.69) is 4.72 Å². The molecule has 0 amide bonds. The Morgan fingerprint density at radius 1 is 1.33 bits per heavy atom. The van der Waals surface area contributed by atoms with E-state index in [1.807, 2.05) is 6.07 Å². The number of hydrogen-bond acceptors (Lipinski definition) is 4. The molecule has 1 aromatic carbocycles. The minimum atomic E-state index is -3.42. The molecule has 1 saturated carbocycles. The molecule has 1 aliphatic rings. The number of nitrogens with one attached hydrogen (secondary N) is 1. The summed E-state index contributed by atoms with van der Waals surface area (Å²) in [5.41, 5.74) is 0.924. The van der Waals surface area contributed by atoms with Gasteiger partial charge in [0.25, 0.3) is 0 Å². The van der Waals surface area contributed by atoms with Crippen LogP contribution >= 0.6 is 0 Å². The van der Waals surface area contributed by atoms with Gasteiger partial charge in [-0.15, -0.1) is 0 Å². The van der Waals surface area contributed by atoms with Crippen LogP contribution in [-0.2, 0) is 20.5 Å². The van der Waals surface area contributed by atoms with Gasteiger partial charge >= 0.3 is 0 Å². The van der Waals surface area contributed by atoms with Crippen LogP contribution in [0, 0.1) is 17.2 Å². The van der Waals surface area contributed by atoms with Gasteiger partial charge in [0.15, 0.2) is 0 Å². The van der Waals surface area contributed by atoms with Crippen LogP contribution in [0.1, 0.15) is 30.4 Å². The normalized spacial score (nSPS) is 14.8. The first-order valence-corrected chi connectivity index (χ1v) is 8.79. The molecule has 6 heteroatoms. The van der Waals surface area contributed by atoms with Crippen LogP contribution in [0.5, 0.6) is 0 Å². The Morgan fingerprint density at radius 3 is 2.81 bits per heavy atom. The molecule has 0 saturated heterocycles. The summed E-state index contributed by atoms with van der Waals surface area (Å²) < 4.78 is 31.9. The number of hydrogen-bond donors (Lipinski definition) is 1. The van der Waals surface area contributed by atoms with E-state index in [1.54, 1.807) is 24.3 Å². The Kier molecular flexibility index (Phi) is 5.74. The maximum absolute atomic E-state index is 12.0. The Hall–Kier alpha value is -1.42. The summed E-state index contributed by atoms with van der Waals surface area (Å²) >= 11 is 0. The Labute approximate surface area is 126 Å². The van der Waals surface area contributed by atoms with Gasteiger partial charge in [-0.05, 0) is 36.8 Å². The van der Waals surface area contributed by atoms with Gasteiger partial charge in [-0.1, -0.05) is 18.2 Å². The van der Waals surface area contributed by atoms with Crippen molar-refractivity contribution in [3.05, 3.63) is 35.4 Å². The summed E-state index contributed by atoms with van der Waals surface area (Å²) in [6.45, 7) is 1.73. The summed E-state index contributed by atoms with van der Waals surface area (Å²) in [5, 5.41) is 8.96. The molecule has 1 fully saturated rings. The van der Waals surface area contributed by atoms with Gasteiger partial charge in [0, 0.05) is 19.8 Å². The van der Waals surface area contributed by atoms with E-state index in [0.717, 1.165) is 12.5 Å². The molecule has 1 N–H and O–H groups in total. The fourth-order valence-corrected chi connectivity index (χ4v) is 3.17. The second-order valence-corrected chi connectivity index (χ2v) is 7.10. The van der Waals surface area contributed by atoms with E-state index in [-0.39, 0.29) is 5.75 Å². The zero-order valence-corrected chi connectivity index (χ0v) is 12.7. The van der Waals surface area contributed by atoms with E-state index in [9.17, 15) is 8.42 Å². The van der Waals surface area contributed by atoms with Crippen molar-refractivity contribution in [2.24, 2.45) is 5.92 Å². The molecule has 0 unspecified atom stereocenters. The molecule has 114 valence electrons. The molecule has 1 aliphatic carbocycles.